The minimum absolute atomic E-state index is 0.0819. The minimum Gasteiger partial charge on any atom is -0.390 e. The summed E-state index contributed by atoms with van der Waals surface area (Å²) in [4.78, 5) is 20.2. The van der Waals surface area contributed by atoms with Gasteiger partial charge in [0, 0.05) is 19.4 Å². The molecule has 0 spiro atoms. The number of aryl methyl sites for hydroxylation is 1. The van der Waals surface area contributed by atoms with E-state index in [1.54, 1.807) is 11.0 Å². The van der Waals surface area contributed by atoms with Gasteiger partial charge in [-0.15, -0.1) is 0 Å². The van der Waals surface area contributed by atoms with Crippen molar-refractivity contribution in [3.05, 3.63) is 70.8 Å². The fourth-order valence-corrected chi connectivity index (χ4v) is 3.57. The van der Waals surface area contributed by atoms with E-state index >= 15 is 0 Å². The molecular formula is C25H29F3N2O2. The molecular weight excluding hydrogens is 417 g/mol. The number of amides is 1. The second-order valence-corrected chi connectivity index (χ2v) is 9.55. The van der Waals surface area contributed by atoms with E-state index in [1.165, 1.54) is 6.07 Å². The molecule has 0 N–H and O–H groups in total. The van der Waals surface area contributed by atoms with Gasteiger partial charge in [-0.05, 0) is 35.6 Å². The zero-order valence-corrected chi connectivity index (χ0v) is 18.9. The molecule has 2 aromatic rings. The Balaban J connectivity index is 1.74. The van der Waals surface area contributed by atoms with Gasteiger partial charge in [-0.3, -0.25) is 4.79 Å². The van der Waals surface area contributed by atoms with Gasteiger partial charge in [0.15, 0.2) is 6.10 Å². The van der Waals surface area contributed by atoms with Crippen LogP contribution in [-0.4, -0.2) is 29.2 Å². The number of oxime groups is 1. The summed E-state index contributed by atoms with van der Waals surface area (Å²) in [6.07, 6.45) is -3.96. The lowest BCUT2D eigenvalue weighted by Gasteiger charge is -2.28. The van der Waals surface area contributed by atoms with Crippen molar-refractivity contribution in [3.8, 4) is 0 Å². The molecule has 0 bridgehead atoms. The fourth-order valence-electron chi connectivity index (χ4n) is 3.57. The van der Waals surface area contributed by atoms with Gasteiger partial charge in [-0.1, -0.05) is 67.9 Å². The van der Waals surface area contributed by atoms with Crippen molar-refractivity contribution in [1.29, 1.82) is 0 Å². The maximum Gasteiger partial charge on any atom is 0.416 e. The van der Waals surface area contributed by atoms with Crippen LogP contribution >= 0.6 is 0 Å². The van der Waals surface area contributed by atoms with Crippen LogP contribution in [0.25, 0.3) is 0 Å². The van der Waals surface area contributed by atoms with Crippen LogP contribution in [0.4, 0.5) is 13.2 Å². The van der Waals surface area contributed by atoms with Crippen LogP contribution in [0.1, 0.15) is 55.9 Å². The topological polar surface area (TPSA) is 41.9 Å². The van der Waals surface area contributed by atoms with E-state index in [0.717, 1.165) is 29.0 Å². The van der Waals surface area contributed by atoms with Gasteiger partial charge in [0.25, 0.3) is 0 Å². The van der Waals surface area contributed by atoms with E-state index in [9.17, 15) is 18.0 Å². The summed E-state index contributed by atoms with van der Waals surface area (Å²) in [7, 11) is 0. The van der Waals surface area contributed by atoms with Crippen LogP contribution in [0.5, 0.6) is 0 Å². The molecule has 1 amide bonds. The van der Waals surface area contributed by atoms with Crippen LogP contribution in [-0.2, 0) is 22.4 Å². The predicted octanol–water partition coefficient (Wildman–Crippen LogP) is 5.97. The lowest BCUT2D eigenvalue weighted by atomic mass is 9.91. The third-order valence-corrected chi connectivity index (χ3v) is 5.20. The summed E-state index contributed by atoms with van der Waals surface area (Å²) in [5.41, 5.74) is 2.37. The first-order valence-corrected chi connectivity index (χ1v) is 10.6. The van der Waals surface area contributed by atoms with Gasteiger partial charge in [0.1, 0.15) is 0 Å². The lowest BCUT2D eigenvalue weighted by molar-refractivity contribution is -0.137. The molecule has 0 radical (unpaired) electrons. The highest BCUT2D eigenvalue weighted by Crippen LogP contribution is 2.30. The zero-order chi connectivity index (χ0) is 23.5. The van der Waals surface area contributed by atoms with E-state index in [2.05, 4.69) is 5.16 Å². The maximum atomic E-state index is 13.1. The second kappa shape index (κ2) is 9.35. The van der Waals surface area contributed by atoms with Gasteiger partial charge in [-0.25, -0.2) is 0 Å². The summed E-state index contributed by atoms with van der Waals surface area (Å²) < 4.78 is 39.4. The van der Waals surface area contributed by atoms with E-state index < -0.39 is 11.7 Å². The normalized spacial score (nSPS) is 16.5. The van der Waals surface area contributed by atoms with Crippen LogP contribution in [0.2, 0.25) is 0 Å². The number of carbonyl (C=O) groups excluding carboxylic acids is 1. The summed E-state index contributed by atoms with van der Waals surface area (Å²) in [6, 6.07) is 13.1. The molecule has 1 heterocycles. The number of nitrogens with zero attached hydrogens (tertiary/aromatic N) is 2. The highest BCUT2D eigenvalue weighted by molar-refractivity contribution is 6.01. The molecule has 172 valence electrons. The van der Waals surface area contributed by atoms with Crippen molar-refractivity contribution in [2.24, 2.45) is 10.6 Å². The quantitative estimate of drug-likeness (QED) is 0.548. The third kappa shape index (κ3) is 6.58. The van der Waals surface area contributed by atoms with Crippen LogP contribution < -0.4 is 0 Å². The molecule has 4 nitrogen and oxygen atoms in total. The van der Waals surface area contributed by atoms with Gasteiger partial charge in [0.2, 0.25) is 5.91 Å². The van der Waals surface area contributed by atoms with Gasteiger partial charge < -0.3 is 9.74 Å². The molecule has 0 unspecified atom stereocenters. The summed E-state index contributed by atoms with van der Waals surface area (Å²) in [6.45, 7) is 8.21. The zero-order valence-electron chi connectivity index (χ0n) is 18.9. The first kappa shape index (κ1) is 23.8. The number of halogens is 3. The van der Waals surface area contributed by atoms with Gasteiger partial charge >= 0.3 is 6.18 Å². The van der Waals surface area contributed by atoms with Crippen LogP contribution in [0, 0.1) is 12.3 Å². The van der Waals surface area contributed by atoms with Crippen molar-refractivity contribution in [1.82, 2.24) is 4.90 Å². The van der Waals surface area contributed by atoms with Gasteiger partial charge in [0.05, 0.1) is 17.8 Å². The van der Waals surface area contributed by atoms with E-state index in [-0.39, 0.29) is 36.9 Å². The number of rotatable bonds is 6. The number of benzene rings is 2. The molecule has 7 heteroatoms. The summed E-state index contributed by atoms with van der Waals surface area (Å²) in [5.74, 6) is -0.123. The molecule has 0 saturated carbocycles. The highest BCUT2D eigenvalue weighted by Gasteiger charge is 2.32. The van der Waals surface area contributed by atoms with E-state index in [4.69, 9.17) is 4.84 Å². The first-order valence-electron chi connectivity index (χ1n) is 10.6. The average Bonchev–Trinajstić information content (AvgIpc) is 3.15. The average molecular weight is 447 g/mol. The van der Waals surface area contributed by atoms with Crippen molar-refractivity contribution < 1.29 is 22.8 Å². The van der Waals surface area contributed by atoms with Gasteiger partial charge in [-0.2, -0.15) is 13.2 Å². The Morgan fingerprint density at radius 3 is 2.44 bits per heavy atom. The number of hydrogen-bond donors (Lipinski definition) is 0. The smallest absolute Gasteiger partial charge is 0.390 e. The van der Waals surface area contributed by atoms with Crippen LogP contribution in [0.3, 0.4) is 0 Å². The standard InChI is InChI=1S/C25H29F3N2O2/c1-17-8-10-19(11-9-17)22-13-21(32-29-22)16-30(23(31)14-24(2,3)4)15-18-6-5-7-20(12-18)25(26,27)28/h5-12,21H,13-16H2,1-4H3/t21-/m1/s1. The van der Waals surface area contributed by atoms with E-state index in [1.807, 2.05) is 52.0 Å². The number of hydrogen-bond acceptors (Lipinski definition) is 3. The third-order valence-electron chi connectivity index (χ3n) is 5.20. The van der Waals surface area contributed by atoms with Crippen LogP contribution in [0.15, 0.2) is 53.7 Å². The van der Waals surface area contributed by atoms with Crippen molar-refractivity contribution >= 4 is 11.6 Å². The van der Waals surface area contributed by atoms with Crippen molar-refractivity contribution in [2.45, 2.75) is 59.4 Å². The predicted molar refractivity (Wildman–Crippen MR) is 118 cm³/mol. The summed E-state index contributed by atoms with van der Waals surface area (Å²) in [5, 5.41) is 4.19. The maximum absolute atomic E-state index is 13.1. The number of carbonyl (C=O) groups is 1. The Morgan fingerprint density at radius 1 is 1.12 bits per heavy atom. The lowest BCUT2D eigenvalue weighted by Crippen LogP contribution is -2.38. The molecule has 32 heavy (non-hydrogen) atoms. The van der Waals surface area contributed by atoms with E-state index in [0.29, 0.717) is 12.0 Å². The molecule has 1 aliphatic heterocycles. The first-order chi connectivity index (χ1) is 14.9. The molecule has 1 atom stereocenters. The molecule has 0 fully saturated rings. The van der Waals surface area contributed by atoms with Crippen molar-refractivity contribution in [2.75, 3.05) is 6.54 Å². The monoisotopic (exact) mass is 446 g/mol. The molecule has 0 saturated heterocycles. The molecule has 0 aromatic heterocycles. The Labute approximate surface area is 187 Å². The minimum atomic E-state index is -4.43. The van der Waals surface area contributed by atoms with Crippen molar-refractivity contribution in [3.63, 3.8) is 0 Å². The second-order valence-electron chi connectivity index (χ2n) is 9.55. The Kier molecular flexibility index (Phi) is 6.96. The molecule has 2 aromatic carbocycles. The Hall–Kier alpha value is -2.83. The fraction of sp³-hybridized carbons (Fsp3) is 0.440. The highest BCUT2D eigenvalue weighted by atomic mass is 19.4. The molecule has 1 aliphatic rings. The Morgan fingerprint density at radius 2 is 1.81 bits per heavy atom. The Bertz CT molecular complexity index is 976. The SMILES string of the molecule is Cc1ccc(C2=NO[C@@H](CN(Cc3cccc(C(F)(F)F)c3)C(=O)CC(C)(C)C)C2)cc1. The molecule has 0 aliphatic carbocycles. The summed E-state index contributed by atoms with van der Waals surface area (Å²) >= 11 is 0. The number of alkyl halides is 3. The molecule has 3 rings (SSSR count). The largest absolute Gasteiger partial charge is 0.416 e.